The van der Waals surface area contributed by atoms with Crippen molar-refractivity contribution >= 4 is 27.9 Å². The number of aromatic nitrogens is 3. The summed E-state index contributed by atoms with van der Waals surface area (Å²) < 4.78 is 54.9. The highest BCUT2D eigenvalue weighted by atomic mass is 32.1. The first kappa shape index (κ1) is 24.1. The van der Waals surface area contributed by atoms with E-state index >= 15 is 0 Å². The van der Waals surface area contributed by atoms with Crippen molar-refractivity contribution in [1.82, 2.24) is 14.8 Å². The maximum absolute atomic E-state index is 14.2. The summed E-state index contributed by atoms with van der Waals surface area (Å²) in [7, 11) is 3.27. The van der Waals surface area contributed by atoms with E-state index in [1.54, 1.807) is 18.8 Å². The largest absolute Gasteiger partial charge is 0.389 e. The Balaban J connectivity index is 1.59. The van der Waals surface area contributed by atoms with E-state index in [1.807, 2.05) is 0 Å². The molecule has 4 rings (SSSR count). The van der Waals surface area contributed by atoms with E-state index in [9.17, 15) is 18.0 Å². The molecule has 3 atom stereocenters. The normalized spacial score (nSPS) is 20.8. The van der Waals surface area contributed by atoms with Crippen molar-refractivity contribution in [2.45, 2.75) is 31.1 Å². The molecule has 182 valence electrons. The number of ether oxygens (including phenoxy) is 2. The Kier molecular flexibility index (Phi) is 6.89. The molecule has 1 amide bonds. The van der Waals surface area contributed by atoms with Gasteiger partial charge in [-0.2, -0.15) is 5.10 Å². The highest BCUT2D eigenvalue weighted by Crippen LogP contribution is 2.36. The number of nitrogens with zero attached hydrogens (tertiary/aromatic N) is 3. The van der Waals surface area contributed by atoms with Crippen LogP contribution in [-0.4, -0.2) is 46.5 Å². The molecule has 13 heteroatoms. The summed E-state index contributed by atoms with van der Waals surface area (Å²) in [6.07, 6.45) is 1.99. The lowest BCUT2D eigenvalue weighted by Crippen LogP contribution is -2.37. The van der Waals surface area contributed by atoms with Gasteiger partial charge >= 0.3 is 0 Å². The summed E-state index contributed by atoms with van der Waals surface area (Å²) in [5.74, 6) is -4.39. The van der Waals surface area contributed by atoms with E-state index in [0.717, 1.165) is 6.07 Å². The van der Waals surface area contributed by atoms with Crippen LogP contribution in [0.15, 0.2) is 18.3 Å². The number of rotatable bonds is 5. The molecule has 5 N–H and O–H groups in total. The number of anilines is 2. The number of nitrogens with two attached hydrogens (primary N) is 2. The van der Waals surface area contributed by atoms with Crippen LogP contribution in [0.5, 0.6) is 0 Å². The minimum Gasteiger partial charge on any atom is -0.389 e. The molecule has 0 bridgehead atoms. The van der Waals surface area contributed by atoms with E-state index in [4.69, 9.17) is 20.9 Å². The van der Waals surface area contributed by atoms with Crippen molar-refractivity contribution in [3.63, 3.8) is 0 Å². The number of amides is 1. The third-order valence-electron chi connectivity index (χ3n) is 5.67. The zero-order valence-electron chi connectivity index (χ0n) is 18.3. The molecule has 0 aliphatic carbocycles. The molecule has 1 aromatic carbocycles. The van der Waals surface area contributed by atoms with Crippen LogP contribution in [0.25, 0.3) is 10.6 Å². The van der Waals surface area contributed by atoms with E-state index in [-0.39, 0.29) is 34.5 Å². The molecule has 34 heavy (non-hydrogen) atoms. The van der Waals surface area contributed by atoms with Crippen LogP contribution in [0.2, 0.25) is 0 Å². The van der Waals surface area contributed by atoms with E-state index < -0.39 is 35.0 Å². The molecule has 3 unspecified atom stereocenters. The van der Waals surface area contributed by atoms with Gasteiger partial charge in [-0.3, -0.25) is 9.48 Å². The van der Waals surface area contributed by atoms with Gasteiger partial charge in [0.1, 0.15) is 21.9 Å². The number of carbonyl (C=O) groups is 1. The molecular weight excluding hydrogens is 473 g/mol. The fourth-order valence-electron chi connectivity index (χ4n) is 3.84. The predicted molar refractivity (Wildman–Crippen MR) is 120 cm³/mol. The molecule has 0 saturated carbocycles. The number of hydrogen-bond acceptors (Lipinski definition) is 8. The fraction of sp³-hybridized carbons (Fsp3) is 0.381. The minimum atomic E-state index is -1.41. The number of nitrogens with one attached hydrogen (secondary N) is 1. The number of halogens is 3. The molecule has 2 aromatic heterocycles. The standard InChI is InChI=1S/C21H23F3N6O3S/c1-30-18(13-6-5-11(25)14(32-2)8-33-13)12(7-27-30)28-20(31)17-19(26)34-21(29-17)15-9(22)3-4-10(23)16(15)24/h3-4,7,11,13-14H,5-6,8,25-26H2,1-2H3,(H,28,31). The number of carbonyl (C=O) groups excluding carboxylic acids is 1. The highest BCUT2D eigenvalue weighted by molar-refractivity contribution is 7.19. The molecule has 3 heterocycles. The Labute approximate surface area is 196 Å². The van der Waals surface area contributed by atoms with Gasteiger partial charge in [-0.25, -0.2) is 18.2 Å². The quantitative estimate of drug-likeness (QED) is 0.463. The molecular formula is C21H23F3N6O3S. The summed E-state index contributed by atoms with van der Waals surface area (Å²) in [6, 6.07) is 1.25. The van der Waals surface area contributed by atoms with Gasteiger partial charge < -0.3 is 26.3 Å². The molecule has 9 nitrogen and oxygen atoms in total. The summed E-state index contributed by atoms with van der Waals surface area (Å²) in [4.78, 5) is 16.9. The van der Waals surface area contributed by atoms with Crippen LogP contribution < -0.4 is 16.8 Å². The predicted octanol–water partition coefficient (Wildman–Crippen LogP) is 2.99. The molecule has 0 spiro atoms. The third kappa shape index (κ3) is 4.51. The van der Waals surface area contributed by atoms with E-state index in [0.29, 0.717) is 41.6 Å². The van der Waals surface area contributed by atoms with Crippen LogP contribution in [0.1, 0.15) is 35.1 Å². The number of nitrogen functional groups attached to an aromatic ring is 1. The van der Waals surface area contributed by atoms with E-state index in [1.165, 1.54) is 6.20 Å². The minimum absolute atomic E-state index is 0.0828. The van der Waals surface area contributed by atoms with Crippen LogP contribution in [-0.2, 0) is 16.5 Å². The molecule has 1 fully saturated rings. The van der Waals surface area contributed by atoms with Gasteiger partial charge in [0, 0.05) is 20.2 Å². The number of thiazole rings is 1. The second-order valence-electron chi connectivity index (χ2n) is 7.81. The fourth-order valence-corrected chi connectivity index (χ4v) is 4.71. The lowest BCUT2D eigenvalue weighted by Gasteiger charge is -2.19. The summed E-state index contributed by atoms with van der Waals surface area (Å²) in [5.41, 5.74) is 12.1. The number of benzene rings is 1. The average molecular weight is 497 g/mol. The van der Waals surface area contributed by atoms with Crippen molar-refractivity contribution in [1.29, 1.82) is 0 Å². The topological polar surface area (TPSA) is 130 Å². The van der Waals surface area contributed by atoms with Crippen LogP contribution in [0.4, 0.5) is 23.9 Å². The van der Waals surface area contributed by atoms with Gasteiger partial charge in [0.25, 0.3) is 5.91 Å². The second-order valence-corrected chi connectivity index (χ2v) is 8.84. The van der Waals surface area contributed by atoms with Gasteiger partial charge in [-0.15, -0.1) is 0 Å². The lowest BCUT2D eigenvalue weighted by atomic mass is 10.0. The van der Waals surface area contributed by atoms with Crippen molar-refractivity contribution < 1.29 is 27.4 Å². The van der Waals surface area contributed by atoms with E-state index in [2.05, 4.69) is 15.4 Å². The van der Waals surface area contributed by atoms with Crippen molar-refractivity contribution in [3.05, 3.63) is 47.2 Å². The third-order valence-corrected chi connectivity index (χ3v) is 6.57. The Hall–Kier alpha value is -3.00. The smallest absolute Gasteiger partial charge is 0.277 e. The maximum Gasteiger partial charge on any atom is 0.277 e. The molecule has 0 radical (unpaired) electrons. The first-order valence-corrected chi connectivity index (χ1v) is 11.2. The molecule has 1 saturated heterocycles. The first-order valence-electron chi connectivity index (χ1n) is 10.3. The monoisotopic (exact) mass is 496 g/mol. The lowest BCUT2D eigenvalue weighted by molar-refractivity contribution is -0.0211. The Bertz CT molecular complexity index is 1220. The summed E-state index contributed by atoms with van der Waals surface area (Å²) in [6.45, 7) is 0.272. The van der Waals surface area contributed by atoms with Gasteiger partial charge in [0.2, 0.25) is 0 Å². The van der Waals surface area contributed by atoms with Crippen LogP contribution >= 0.6 is 11.3 Å². The van der Waals surface area contributed by atoms with Crippen LogP contribution in [0, 0.1) is 17.5 Å². The molecule has 3 aromatic rings. The second kappa shape index (κ2) is 9.70. The number of hydrogen-bond donors (Lipinski definition) is 3. The zero-order valence-corrected chi connectivity index (χ0v) is 19.2. The Morgan fingerprint density at radius 2 is 2.03 bits per heavy atom. The zero-order chi connectivity index (χ0) is 24.6. The van der Waals surface area contributed by atoms with Crippen molar-refractivity contribution in [2.24, 2.45) is 12.8 Å². The Morgan fingerprint density at radius 3 is 2.76 bits per heavy atom. The van der Waals surface area contributed by atoms with Crippen molar-refractivity contribution in [3.8, 4) is 10.6 Å². The van der Waals surface area contributed by atoms with Gasteiger partial charge in [0.05, 0.1) is 35.9 Å². The highest BCUT2D eigenvalue weighted by Gasteiger charge is 2.30. The summed E-state index contributed by atoms with van der Waals surface area (Å²) >= 11 is 0.672. The molecule has 1 aliphatic heterocycles. The number of aryl methyl sites for hydroxylation is 1. The SMILES string of the molecule is COC1COC(c2c(NC(=O)c3nc(-c4c(F)ccc(F)c4F)sc3N)cnn2C)CCC1N. The van der Waals surface area contributed by atoms with Gasteiger partial charge in [0.15, 0.2) is 17.3 Å². The summed E-state index contributed by atoms with van der Waals surface area (Å²) in [5, 5.41) is 6.55. The van der Waals surface area contributed by atoms with Crippen LogP contribution in [0.3, 0.4) is 0 Å². The average Bonchev–Trinajstić information content (AvgIpc) is 3.29. The first-order chi connectivity index (χ1) is 16.2. The van der Waals surface area contributed by atoms with Gasteiger partial charge in [-0.1, -0.05) is 11.3 Å². The molecule has 1 aliphatic rings. The van der Waals surface area contributed by atoms with Crippen molar-refractivity contribution in [2.75, 3.05) is 24.8 Å². The van der Waals surface area contributed by atoms with Gasteiger partial charge in [-0.05, 0) is 25.0 Å². The Morgan fingerprint density at radius 1 is 1.29 bits per heavy atom. The number of methoxy groups -OCH3 is 1. The maximum atomic E-state index is 14.2.